The SMILES string of the molecule is COCCNC(O)CCCCCN1C(=O)CC(SC)C1=O. The molecule has 2 unspecified atom stereocenters. The van der Waals surface area contributed by atoms with E-state index in [9.17, 15) is 14.7 Å². The molecular formula is C14H26N2O4S. The lowest BCUT2D eigenvalue weighted by Crippen LogP contribution is -2.32. The van der Waals surface area contributed by atoms with Crippen molar-refractivity contribution in [1.82, 2.24) is 10.2 Å². The molecule has 7 heteroatoms. The van der Waals surface area contributed by atoms with E-state index in [4.69, 9.17) is 4.74 Å². The summed E-state index contributed by atoms with van der Waals surface area (Å²) in [5.74, 6) is -0.102. The average Bonchev–Trinajstić information content (AvgIpc) is 2.74. The molecule has 122 valence electrons. The molecular weight excluding hydrogens is 292 g/mol. The van der Waals surface area contributed by atoms with Crippen LogP contribution in [0.5, 0.6) is 0 Å². The van der Waals surface area contributed by atoms with Gasteiger partial charge in [-0.05, 0) is 25.5 Å². The Morgan fingerprint density at radius 1 is 1.43 bits per heavy atom. The number of amides is 2. The van der Waals surface area contributed by atoms with Crippen molar-refractivity contribution in [3.05, 3.63) is 0 Å². The Balaban J connectivity index is 2.09. The molecule has 2 N–H and O–H groups in total. The van der Waals surface area contributed by atoms with Crippen molar-refractivity contribution < 1.29 is 19.4 Å². The second-order valence-electron chi connectivity index (χ2n) is 5.12. The molecule has 0 aliphatic carbocycles. The van der Waals surface area contributed by atoms with Gasteiger partial charge in [-0.3, -0.25) is 19.8 Å². The number of thioether (sulfide) groups is 1. The van der Waals surface area contributed by atoms with Gasteiger partial charge in [-0.2, -0.15) is 11.8 Å². The van der Waals surface area contributed by atoms with Crippen molar-refractivity contribution in [1.29, 1.82) is 0 Å². The van der Waals surface area contributed by atoms with Gasteiger partial charge in [0.05, 0.1) is 11.9 Å². The molecule has 0 bridgehead atoms. The van der Waals surface area contributed by atoms with Gasteiger partial charge in [0.25, 0.3) is 0 Å². The zero-order chi connectivity index (χ0) is 15.7. The highest BCUT2D eigenvalue weighted by Gasteiger charge is 2.37. The minimum Gasteiger partial charge on any atom is -0.383 e. The number of carbonyl (C=O) groups is 2. The van der Waals surface area contributed by atoms with Crippen molar-refractivity contribution in [2.24, 2.45) is 0 Å². The number of ether oxygens (including phenoxy) is 1. The molecule has 1 heterocycles. The van der Waals surface area contributed by atoms with Gasteiger partial charge in [0.1, 0.15) is 6.23 Å². The molecule has 0 aromatic rings. The smallest absolute Gasteiger partial charge is 0.242 e. The van der Waals surface area contributed by atoms with Gasteiger partial charge in [0, 0.05) is 26.6 Å². The van der Waals surface area contributed by atoms with Crippen molar-refractivity contribution in [2.45, 2.75) is 43.6 Å². The number of rotatable bonds is 11. The Morgan fingerprint density at radius 2 is 2.19 bits per heavy atom. The van der Waals surface area contributed by atoms with E-state index in [0.29, 0.717) is 32.5 Å². The Morgan fingerprint density at radius 3 is 2.81 bits per heavy atom. The predicted molar refractivity (Wildman–Crippen MR) is 83.0 cm³/mol. The Bertz CT molecular complexity index is 341. The van der Waals surface area contributed by atoms with Crippen molar-refractivity contribution >= 4 is 23.6 Å². The lowest BCUT2D eigenvalue weighted by molar-refractivity contribution is -0.138. The number of likely N-dealkylation sites (tertiary alicyclic amines) is 1. The number of hydrogen-bond donors (Lipinski definition) is 2. The van der Waals surface area contributed by atoms with E-state index in [-0.39, 0.29) is 17.1 Å². The zero-order valence-corrected chi connectivity index (χ0v) is 13.7. The van der Waals surface area contributed by atoms with Gasteiger partial charge in [0.15, 0.2) is 0 Å². The standard InChI is InChI=1S/C14H26N2O4S/c1-20-9-7-15-12(17)6-4-3-5-8-16-13(18)10-11(21-2)14(16)19/h11-12,15,17H,3-10H2,1-2H3. The zero-order valence-electron chi connectivity index (χ0n) is 12.8. The molecule has 1 saturated heterocycles. The molecule has 1 aliphatic heterocycles. The molecule has 0 spiro atoms. The third kappa shape index (κ3) is 6.34. The number of methoxy groups -OCH3 is 1. The molecule has 2 amide bonds. The van der Waals surface area contributed by atoms with Crippen LogP contribution in [0.2, 0.25) is 0 Å². The quantitative estimate of drug-likeness (QED) is 0.330. The summed E-state index contributed by atoms with van der Waals surface area (Å²) in [6, 6.07) is 0. The number of nitrogens with zero attached hydrogens (tertiary/aromatic N) is 1. The number of aliphatic hydroxyl groups is 1. The van der Waals surface area contributed by atoms with Gasteiger partial charge in [0.2, 0.25) is 11.8 Å². The molecule has 1 rings (SSSR count). The van der Waals surface area contributed by atoms with Crippen LogP contribution >= 0.6 is 11.8 Å². The summed E-state index contributed by atoms with van der Waals surface area (Å²) in [6.07, 6.45) is 4.89. The second-order valence-corrected chi connectivity index (χ2v) is 6.16. The van der Waals surface area contributed by atoms with E-state index in [1.54, 1.807) is 7.11 Å². The maximum Gasteiger partial charge on any atom is 0.242 e. The van der Waals surface area contributed by atoms with E-state index < -0.39 is 6.23 Å². The largest absolute Gasteiger partial charge is 0.383 e. The monoisotopic (exact) mass is 318 g/mol. The van der Waals surface area contributed by atoms with Crippen molar-refractivity contribution in [3.63, 3.8) is 0 Å². The van der Waals surface area contributed by atoms with Crippen LogP contribution in [0, 0.1) is 0 Å². The van der Waals surface area contributed by atoms with E-state index in [1.165, 1.54) is 16.7 Å². The lowest BCUT2D eigenvalue weighted by atomic mass is 10.1. The van der Waals surface area contributed by atoms with E-state index >= 15 is 0 Å². The van der Waals surface area contributed by atoms with Crippen LogP contribution < -0.4 is 5.32 Å². The molecule has 0 radical (unpaired) electrons. The number of nitrogens with one attached hydrogen (secondary N) is 1. The Hall–Kier alpha value is -0.630. The molecule has 0 aromatic carbocycles. The van der Waals surface area contributed by atoms with Crippen LogP contribution in [-0.4, -0.2) is 66.4 Å². The highest BCUT2D eigenvalue weighted by atomic mass is 32.2. The lowest BCUT2D eigenvalue weighted by Gasteiger charge is -2.15. The van der Waals surface area contributed by atoms with Crippen molar-refractivity contribution in [2.75, 3.05) is 33.1 Å². The van der Waals surface area contributed by atoms with E-state index in [0.717, 1.165) is 19.3 Å². The summed E-state index contributed by atoms with van der Waals surface area (Å²) in [5.41, 5.74) is 0. The fourth-order valence-corrected chi connectivity index (χ4v) is 2.92. The maximum absolute atomic E-state index is 11.9. The summed E-state index contributed by atoms with van der Waals surface area (Å²) < 4.78 is 4.89. The van der Waals surface area contributed by atoms with Gasteiger partial charge in [-0.1, -0.05) is 6.42 Å². The Kier molecular flexibility index (Phi) is 8.91. The molecule has 21 heavy (non-hydrogen) atoms. The minimum atomic E-state index is -0.518. The van der Waals surface area contributed by atoms with Crippen LogP contribution in [0.4, 0.5) is 0 Å². The molecule has 1 fully saturated rings. The average molecular weight is 318 g/mol. The Labute approximate surface area is 130 Å². The van der Waals surface area contributed by atoms with E-state index in [2.05, 4.69) is 5.32 Å². The number of hydrogen-bond acceptors (Lipinski definition) is 6. The topological polar surface area (TPSA) is 78.9 Å². The van der Waals surface area contributed by atoms with Gasteiger partial charge >= 0.3 is 0 Å². The summed E-state index contributed by atoms with van der Waals surface area (Å²) in [6.45, 7) is 1.71. The molecule has 2 atom stereocenters. The summed E-state index contributed by atoms with van der Waals surface area (Å²) >= 11 is 1.44. The number of unbranched alkanes of at least 4 members (excludes halogenated alkanes) is 2. The molecule has 6 nitrogen and oxygen atoms in total. The fourth-order valence-electron chi connectivity index (χ4n) is 2.29. The summed E-state index contributed by atoms with van der Waals surface area (Å²) in [4.78, 5) is 25.0. The van der Waals surface area contributed by atoms with Gasteiger partial charge in [-0.15, -0.1) is 0 Å². The first-order valence-electron chi connectivity index (χ1n) is 7.37. The molecule has 0 saturated carbocycles. The second kappa shape index (κ2) is 10.2. The molecule has 0 aromatic heterocycles. The normalized spacial score (nSPS) is 20.3. The first kappa shape index (κ1) is 18.4. The number of carbonyl (C=O) groups excluding carboxylic acids is 2. The van der Waals surface area contributed by atoms with Crippen LogP contribution in [0.15, 0.2) is 0 Å². The fraction of sp³-hybridized carbons (Fsp3) is 0.857. The third-order valence-corrected chi connectivity index (χ3v) is 4.47. The number of aliphatic hydroxyl groups excluding tert-OH is 1. The maximum atomic E-state index is 11.9. The minimum absolute atomic E-state index is 0.0474. The summed E-state index contributed by atoms with van der Waals surface area (Å²) in [5, 5.41) is 12.4. The highest BCUT2D eigenvalue weighted by molar-refractivity contribution is 8.00. The third-order valence-electron chi connectivity index (χ3n) is 3.53. The predicted octanol–water partition coefficient (Wildman–Crippen LogP) is 0.592. The summed E-state index contributed by atoms with van der Waals surface area (Å²) in [7, 11) is 1.62. The highest BCUT2D eigenvalue weighted by Crippen LogP contribution is 2.23. The molecule has 1 aliphatic rings. The van der Waals surface area contributed by atoms with E-state index in [1.807, 2.05) is 6.26 Å². The first-order chi connectivity index (χ1) is 10.1. The van der Waals surface area contributed by atoms with Crippen molar-refractivity contribution in [3.8, 4) is 0 Å². The van der Waals surface area contributed by atoms with Gasteiger partial charge < -0.3 is 9.84 Å². The van der Waals surface area contributed by atoms with Crippen LogP contribution in [0.25, 0.3) is 0 Å². The van der Waals surface area contributed by atoms with Crippen LogP contribution in [-0.2, 0) is 14.3 Å². The number of imide groups is 1. The van der Waals surface area contributed by atoms with Crippen LogP contribution in [0.3, 0.4) is 0 Å². The first-order valence-corrected chi connectivity index (χ1v) is 8.66. The van der Waals surface area contributed by atoms with Crippen LogP contribution in [0.1, 0.15) is 32.1 Å². The van der Waals surface area contributed by atoms with Gasteiger partial charge in [-0.25, -0.2) is 0 Å².